The third-order valence-corrected chi connectivity index (χ3v) is 9.18. The van der Waals surface area contributed by atoms with E-state index in [4.69, 9.17) is 17.0 Å². The minimum Gasteiger partial charge on any atom is -0.462 e. The number of Topliss-reactive ketones (excluding diaryl/α,β-unsaturated/α-hetero) is 1. The van der Waals surface area contributed by atoms with Crippen LogP contribution in [0.5, 0.6) is 0 Å². The molecular formula is C24H33NO3S. The summed E-state index contributed by atoms with van der Waals surface area (Å²) in [5.74, 6) is 1.80. The van der Waals surface area contributed by atoms with Crippen LogP contribution in [0.2, 0.25) is 0 Å². The smallest absolute Gasteiger partial charge is 0.302 e. The summed E-state index contributed by atoms with van der Waals surface area (Å²) in [6, 6.07) is -0.00312. The Hall–Kier alpha value is -1.32. The molecule has 3 fully saturated rings. The fourth-order valence-electron chi connectivity index (χ4n) is 7.91. The van der Waals surface area contributed by atoms with Gasteiger partial charge < -0.3 is 4.74 Å². The van der Waals surface area contributed by atoms with Crippen molar-refractivity contribution in [2.24, 2.45) is 39.5 Å². The molecule has 0 unspecified atom stereocenters. The third kappa shape index (κ3) is 3.25. The predicted molar refractivity (Wildman–Crippen MR) is 116 cm³/mol. The molecule has 5 heteroatoms. The van der Waals surface area contributed by atoms with Gasteiger partial charge in [0, 0.05) is 19.3 Å². The quantitative estimate of drug-likeness (QED) is 0.276. The van der Waals surface area contributed by atoms with Crippen LogP contribution in [0.4, 0.5) is 0 Å². The van der Waals surface area contributed by atoms with E-state index in [9.17, 15) is 9.59 Å². The van der Waals surface area contributed by atoms with Gasteiger partial charge in [0.05, 0.1) is 11.2 Å². The lowest BCUT2D eigenvalue weighted by Crippen LogP contribution is -2.51. The zero-order valence-electron chi connectivity index (χ0n) is 18.1. The number of esters is 1. The van der Waals surface area contributed by atoms with Crippen LogP contribution in [-0.2, 0) is 14.3 Å². The number of ether oxygens (including phenoxy) is 1. The van der Waals surface area contributed by atoms with Crippen LogP contribution in [0.1, 0.15) is 72.6 Å². The van der Waals surface area contributed by atoms with E-state index < -0.39 is 0 Å². The molecule has 4 aliphatic carbocycles. The highest BCUT2D eigenvalue weighted by molar-refractivity contribution is 7.78. The van der Waals surface area contributed by atoms with Crippen molar-refractivity contribution in [3.8, 4) is 0 Å². The van der Waals surface area contributed by atoms with Gasteiger partial charge in [0.2, 0.25) is 0 Å². The van der Waals surface area contributed by atoms with E-state index in [1.165, 1.54) is 18.9 Å². The number of ketones is 1. The lowest BCUT2D eigenvalue weighted by Gasteiger charge is -2.57. The van der Waals surface area contributed by atoms with E-state index in [-0.39, 0.29) is 40.6 Å². The number of thiocarbonyl (C=S) groups is 1. The van der Waals surface area contributed by atoms with Crippen molar-refractivity contribution in [1.82, 2.24) is 0 Å². The molecule has 3 saturated carbocycles. The largest absolute Gasteiger partial charge is 0.462 e. The van der Waals surface area contributed by atoms with Gasteiger partial charge in [0.1, 0.15) is 11.9 Å². The summed E-state index contributed by atoms with van der Waals surface area (Å²) in [4.78, 5) is 28.5. The van der Waals surface area contributed by atoms with Gasteiger partial charge in [-0.3, -0.25) is 9.59 Å². The molecule has 8 atom stereocenters. The minimum absolute atomic E-state index is 0.00312. The normalized spacial score (nSPS) is 45.7. The average molecular weight is 416 g/mol. The molecule has 4 rings (SSSR count). The number of fused-ring (bicyclic) bond motifs is 5. The highest BCUT2D eigenvalue weighted by atomic mass is 32.1. The zero-order chi connectivity index (χ0) is 21.0. The molecule has 0 aromatic rings. The van der Waals surface area contributed by atoms with Crippen LogP contribution >= 0.6 is 12.2 Å². The molecule has 158 valence electrons. The molecule has 29 heavy (non-hydrogen) atoms. The van der Waals surface area contributed by atoms with E-state index in [1.54, 1.807) is 6.92 Å². The molecule has 0 spiro atoms. The van der Waals surface area contributed by atoms with Gasteiger partial charge in [-0.25, -0.2) is 4.99 Å². The van der Waals surface area contributed by atoms with E-state index >= 15 is 0 Å². The average Bonchev–Trinajstić information content (AvgIpc) is 2.94. The van der Waals surface area contributed by atoms with Crippen LogP contribution in [0.25, 0.3) is 0 Å². The first-order chi connectivity index (χ1) is 13.7. The van der Waals surface area contributed by atoms with Gasteiger partial charge in [0.25, 0.3) is 0 Å². The lowest BCUT2D eigenvalue weighted by atomic mass is 9.47. The maximum atomic E-state index is 12.6. The van der Waals surface area contributed by atoms with Crippen molar-refractivity contribution in [3.63, 3.8) is 0 Å². The number of carbonyl (C=O) groups excluding carboxylic acids is 2. The summed E-state index contributed by atoms with van der Waals surface area (Å²) in [6.07, 6.45) is 9.68. The summed E-state index contributed by atoms with van der Waals surface area (Å²) < 4.78 is 5.54. The van der Waals surface area contributed by atoms with Gasteiger partial charge in [-0.15, -0.1) is 0 Å². The number of aliphatic imine (C=N–C) groups is 1. The molecule has 4 aliphatic rings. The Labute approximate surface area is 179 Å². The second-order valence-corrected chi connectivity index (χ2v) is 10.6. The Morgan fingerprint density at radius 3 is 2.62 bits per heavy atom. The molecule has 0 N–H and O–H groups in total. The van der Waals surface area contributed by atoms with Crippen molar-refractivity contribution < 1.29 is 14.3 Å². The van der Waals surface area contributed by atoms with Crippen molar-refractivity contribution in [2.45, 2.75) is 84.8 Å². The molecule has 0 amide bonds. The molecule has 0 heterocycles. The monoisotopic (exact) mass is 415 g/mol. The van der Waals surface area contributed by atoms with Gasteiger partial charge in [-0.05, 0) is 86.3 Å². The number of hydrogen-bond donors (Lipinski definition) is 0. The van der Waals surface area contributed by atoms with Crippen molar-refractivity contribution in [1.29, 1.82) is 0 Å². The second kappa shape index (κ2) is 7.42. The number of nitrogens with zero attached hydrogens (tertiary/aromatic N) is 1. The summed E-state index contributed by atoms with van der Waals surface area (Å²) in [5, 5.41) is 2.57. The van der Waals surface area contributed by atoms with Gasteiger partial charge >= 0.3 is 5.97 Å². The number of allylic oxidation sites excluding steroid dienone is 1. The highest BCUT2D eigenvalue weighted by Crippen LogP contribution is 2.66. The molecule has 0 radical (unpaired) electrons. The third-order valence-electron chi connectivity index (χ3n) is 9.08. The highest BCUT2D eigenvalue weighted by Gasteiger charge is 2.62. The Bertz CT molecular complexity index is 800. The number of rotatable bonds is 3. The summed E-state index contributed by atoms with van der Waals surface area (Å²) >= 11 is 4.91. The first-order valence-corrected chi connectivity index (χ1v) is 11.6. The molecule has 4 nitrogen and oxygen atoms in total. The van der Waals surface area contributed by atoms with E-state index in [2.05, 4.69) is 30.1 Å². The van der Waals surface area contributed by atoms with Crippen molar-refractivity contribution >= 4 is 29.1 Å². The van der Waals surface area contributed by atoms with Crippen LogP contribution in [-0.4, -0.2) is 29.1 Å². The Morgan fingerprint density at radius 2 is 1.97 bits per heavy atom. The Morgan fingerprint density at radius 1 is 1.21 bits per heavy atom. The molecule has 0 saturated heterocycles. The molecule has 0 bridgehead atoms. The van der Waals surface area contributed by atoms with E-state index in [0.717, 1.165) is 38.5 Å². The zero-order valence-corrected chi connectivity index (χ0v) is 18.9. The van der Waals surface area contributed by atoms with Crippen LogP contribution in [0, 0.1) is 34.5 Å². The SMILES string of the molecule is CC(=O)O[C@H]1CC[C@@]2(C)C(=CC[C@@H]3[C@H]4C[C@H](N=C=S)[C@@H](C(C)=O)[C@]4(C)CC[C@H]32)C1. The van der Waals surface area contributed by atoms with Crippen molar-refractivity contribution in [3.05, 3.63) is 11.6 Å². The molecule has 0 aliphatic heterocycles. The van der Waals surface area contributed by atoms with Crippen LogP contribution in [0.3, 0.4) is 0 Å². The maximum Gasteiger partial charge on any atom is 0.302 e. The first kappa shape index (κ1) is 20.9. The Balaban J connectivity index is 1.63. The van der Waals surface area contributed by atoms with Gasteiger partial charge in [-0.2, -0.15) is 0 Å². The maximum absolute atomic E-state index is 12.6. The van der Waals surface area contributed by atoms with E-state index in [1.807, 2.05) is 0 Å². The van der Waals surface area contributed by atoms with Crippen LogP contribution in [0.15, 0.2) is 16.6 Å². The lowest BCUT2D eigenvalue weighted by molar-refractivity contribution is -0.149. The predicted octanol–water partition coefficient (Wildman–Crippen LogP) is 5.17. The summed E-state index contributed by atoms with van der Waals surface area (Å²) in [7, 11) is 0. The standard InChI is InChI=1S/C24H33NO3S/c1-14(26)22-21(25-13-29)12-20-18-6-5-16-11-17(28-15(2)27)7-9-23(16,3)19(18)8-10-24(20,22)4/h5,17-22H,6-12H2,1-4H3/t17-,18-,19+,20+,21-,22+,23-,24+/m0/s1. The summed E-state index contributed by atoms with van der Waals surface area (Å²) in [6.45, 7) is 8.00. The molecule has 0 aromatic heterocycles. The number of isothiocyanates is 1. The first-order valence-electron chi connectivity index (χ1n) is 11.1. The fourth-order valence-corrected chi connectivity index (χ4v) is 8.04. The summed E-state index contributed by atoms with van der Waals surface area (Å²) in [5.41, 5.74) is 1.71. The van der Waals surface area contributed by atoms with Crippen molar-refractivity contribution in [2.75, 3.05) is 0 Å². The molecular weight excluding hydrogens is 382 g/mol. The second-order valence-electron chi connectivity index (χ2n) is 10.4. The topological polar surface area (TPSA) is 55.7 Å². The Kier molecular flexibility index (Phi) is 5.36. The van der Waals surface area contributed by atoms with E-state index in [0.29, 0.717) is 17.8 Å². The number of hydrogen-bond acceptors (Lipinski definition) is 5. The molecule has 0 aromatic carbocycles. The minimum atomic E-state index is -0.173. The fraction of sp³-hybridized carbons (Fsp3) is 0.792. The number of carbonyl (C=O) groups is 2. The van der Waals surface area contributed by atoms with Gasteiger partial charge in [0.15, 0.2) is 0 Å². The van der Waals surface area contributed by atoms with Gasteiger partial charge in [-0.1, -0.05) is 25.5 Å². The van der Waals surface area contributed by atoms with Crippen LogP contribution < -0.4 is 0 Å².